The van der Waals surface area contributed by atoms with Crippen molar-refractivity contribution in [2.45, 2.75) is 6.04 Å². The maximum absolute atomic E-state index is 13.9. The molecule has 0 bridgehead atoms. The van der Waals surface area contributed by atoms with E-state index in [1.165, 1.54) is 0 Å². The number of piperazine rings is 1. The van der Waals surface area contributed by atoms with Crippen molar-refractivity contribution in [1.29, 1.82) is 0 Å². The van der Waals surface area contributed by atoms with Gasteiger partial charge >= 0.3 is 0 Å². The number of anilines is 2. The molecular formula is C27H35N5O4. The number of nitrogens with one attached hydrogen (secondary N) is 1. The molecule has 3 unspecified atom stereocenters. The number of carbonyl (C=O) groups is 2. The Hall–Kier alpha value is -3.14. The normalized spacial score (nSPS) is 24.7. The van der Waals surface area contributed by atoms with Gasteiger partial charge in [0.05, 0.1) is 37.3 Å². The van der Waals surface area contributed by atoms with Gasteiger partial charge in [-0.3, -0.25) is 14.5 Å². The fourth-order valence-corrected chi connectivity index (χ4v) is 5.55. The van der Waals surface area contributed by atoms with Gasteiger partial charge in [0, 0.05) is 58.6 Å². The molecule has 0 saturated carbocycles. The summed E-state index contributed by atoms with van der Waals surface area (Å²) in [4.78, 5) is 33.7. The van der Waals surface area contributed by atoms with Crippen molar-refractivity contribution in [2.24, 2.45) is 11.8 Å². The lowest BCUT2D eigenvalue weighted by molar-refractivity contribution is -0.140. The largest absolute Gasteiger partial charge is 0.497 e. The Labute approximate surface area is 212 Å². The highest BCUT2D eigenvalue weighted by Crippen LogP contribution is 2.33. The molecule has 2 amide bonds. The highest BCUT2D eigenvalue weighted by atomic mass is 16.5. The van der Waals surface area contributed by atoms with E-state index in [1.54, 1.807) is 19.2 Å². The van der Waals surface area contributed by atoms with Crippen LogP contribution in [0.1, 0.15) is 0 Å². The number of hydrazine groups is 1. The lowest BCUT2D eigenvalue weighted by Crippen LogP contribution is -2.60. The Morgan fingerprint density at radius 2 is 1.67 bits per heavy atom. The average molecular weight is 494 g/mol. The van der Waals surface area contributed by atoms with Crippen molar-refractivity contribution in [1.82, 2.24) is 15.2 Å². The maximum atomic E-state index is 13.9. The summed E-state index contributed by atoms with van der Waals surface area (Å²) in [6.07, 6.45) is 0. The fraction of sp³-hybridized carbons (Fsp3) is 0.481. The molecule has 3 aliphatic rings. The smallest absolute Gasteiger partial charge is 0.247 e. The van der Waals surface area contributed by atoms with Gasteiger partial charge in [-0.15, -0.1) is 0 Å². The third-order valence-electron chi connectivity index (χ3n) is 7.56. The molecule has 9 nitrogen and oxygen atoms in total. The third kappa shape index (κ3) is 4.91. The zero-order chi connectivity index (χ0) is 25.1. The number of hydrogen-bond acceptors (Lipinski definition) is 7. The average Bonchev–Trinajstić information content (AvgIpc) is 3.28. The zero-order valence-electron chi connectivity index (χ0n) is 21.0. The fourth-order valence-electron chi connectivity index (χ4n) is 5.55. The molecule has 3 atom stereocenters. The summed E-state index contributed by atoms with van der Waals surface area (Å²) in [5, 5.41) is 1.64. The molecule has 3 fully saturated rings. The van der Waals surface area contributed by atoms with Gasteiger partial charge in [0.2, 0.25) is 11.8 Å². The molecule has 36 heavy (non-hydrogen) atoms. The summed E-state index contributed by atoms with van der Waals surface area (Å²) < 4.78 is 10.6. The van der Waals surface area contributed by atoms with E-state index in [-0.39, 0.29) is 29.7 Å². The van der Waals surface area contributed by atoms with Crippen LogP contribution in [-0.2, 0) is 14.3 Å². The van der Waals surface area contributed by atoms with Crippen LogP contribution < -0.4 is 20.1 Å². The van der Waals surface area contributed by atoms with Crippen LogP contribution in [0.2, 0.25) is 0 Å². The summed E-state index contributed by atoms with van der Waals surface area (Å²) in [6, 6.07) is 17.4. The molecule has 2 aromatic carbocycles. The van der Waals surface area contributed by atoms with Crippen LogP contribution >= 0.6 is 0 Å². The van der Waals surface area contributed by atoms with Gasteiger partial charge in [-0.2, -0.15) is 0 Å². The first-order chi connectivity index (χ1) is 17.6. The van der Waals surface area contributed by atoms with Gasteiger partial charge in [-0.25, -0.2) is 10.4 Å². The van der Waals surface area contributed by atoms with Crippen LogP contribution in [0.25, 0.3) is 0 Å². The van der Waals surface area contributed by atoms with E-state index in [2.05, 4.69) is 27.4 Å². The van der Waals surface area contributed by atoms with Crippen LogP contribution in [0, 0.1) is 11.8 Å². The van der Waals surface area contributed by atoms with Gasteiger partial charge in [0.15, 0.2) is 0 Å². The van der Waals surface area contributed by atoms with Crippen LogP contribution in [0.15, 0.2) is 54.6 Å². The van der Waals surface area contributed by atoms with Gasteiger partial charge in [-0.05, 0) is 36.4 Å². The number of methoxy groups -OCH3 is 2. The Morgan fingerprint density at radius 3 is 2.33 bits per heavy atom. The maximum Gasteiger partial charge on any atom is 0.247 e. The summed E-state index contributed by atoms with van der Waals surface area (Å²) >= 11 is 0. The number of rotatable bonds is 7. The lowest BCUT2D eigenvalue weighted by atomic mass is 9.83. The van der Waals surface area contributed by atoms with Crippen molar-refractivity contribution in [3.05, 3.63) is 54.6 Å². The second-order valence-corrected chi connectivity index (χ2v) is 9.64. The van der Waals surface area contributed by atoms with Crippen LogP contribution in [0.4, 0.5) is 11.4 Å². The summed E-state index contributed by atoms with van der Waals surface area (Å²) in [6.45, 7) is 5.38. The van der Waals surface area contributed by atoms with Crippen LogP contribution in [0.5, 0.6) is 5.75 Å². The lowest BCUT2D eigenvalue weighted by Gasteiger charge is -2.42. The minimum Gasteiger partial charge on any atom is -0.497 e. The molecule has 192 valence electrons. The Balaban J connectivity index is 1.29. The molecule has 0 aromatic heterocycles. The topological polar surface area (TPSA) is 77.6 Å². The number of fused-ring (bicyclic) bond motifs is 1. The number of hydrogen-bond donors (Lipinski definition) is 1. The SMILES string of the molecule is COCCN1CC(C(=O)N2CCN(c3ccc(OC)cc3)CC2)C2NN(c3ccccc3)C(=O)C2C1. The summed E-state index contributed by atoms with van der Waals surface area (Å²) in [5.41, 5.74) is 5.34. The molecule has 3 heterocycles. The highest BCUT2D eigenvalue weighted by Gasteiger charge is 2.51. The number of piperidine rings is 1. The molecule has 9 heteroatoms. The number of carbonyl (C=O) groups excluding carboxylic acids is 2. The molecule has 3 aliphatic heterocycles. The van der Waals surface area contributed by atoms with E-state index >= 15 is 0 Å². The van der Waals surface area contributed by atoms with E-state index in [9.17, 15) is 9.59 Å². The van der Waals surface area contributed by atoms with Crippen LogP contribution in [-0.4, -0.2) is 94.3 Å². The number of nitrogens with zero attached hydrogens (tertiary/aromatic N) is 4. The molecular weight excluding hydrogens is 458 g/mol. The second kappa shape index (κ2) is 10.9. The molecule has 0 aliphatic carbocycles. The van der Waals surface area contributed by atoms with Gasteiger partial charge in [-0.1, -0.05) is 18.2 Å². The number of benzene rings is 2. The van der Waals surface area contributed by atoms with Crippen molar-refractivity contribution in [3.8, 4) is 5.75 Å². The van der Waals surface area contributed by atoms with E-state index in [1.807, 2.05) is 47.4 Å². The first kappa shape index (κ1) is 24.5. The van der Waals surface area contributed by atoms with E-state index in [4.69, 9.17) is 9.47 Å². The molecule has 1 N–H and O–H groups in total. The zero-order valence-corrected chi connectivity index (χ0v) is 21.0. The Bertz CT molecular complexity index is 1040. The minimum absolute atomic E-state index is 0.0236. The third-order valence-corrected chi connectivity index (χ3v) is 7.56. The first-order valence-electron chi connectivity index (χ1n) is 12.6. The van der Waals surface area contributed by atoms with Crippen molar-refractivity contribution < 1.29 is 19.1 Å². The molecule has 0 spiro atoms. The van der Waals surface area contributed by atoms with Crippen molar-refractivity contribution in [3.63, 3.8) is 0 Å². The molecule has 5 rings (SSSR count). The van der Waals surface area contributed by atoms with E-state index in [0.29, 0.717) is 39.3 Å². The van der Waals surface area contributed by atoms with Gasteiger partial charge < -0.3 is 19.3 Å². The van der Waals surface area contributed by atoms with Gasteiger partial charge in [0.25, 0.3) is 0 Å². The van der Waals surface area contributed by atoms with E-state index < -0.39 is 0 Å². The molecule has 3 saturated heterocycles. The second-order valence-electron chi connectivity index (χ2n) is 9.64. The number of para-hydroxylation sites is 1. The standard InChI is InChI=1S/C27H35N5O4/c1-35-17-16-29-18-23(25-24(19-29)27(34)32(28-25)21-6-4-3-5-7-21)26(33)31-14-12-30(13-15-31)20-8-10-22(36-2)11-9-20/h3-11,23-25,28H,12-19H2,1-2H3. The predicted octanol–water partition coefficient (Wildman–Crippen LogP) is 1.46. The summed E-state index contributed by atoms with van der Waals surface area (Å²) in [7, 11) is 3.34. The number of ether oxygens (including phenoxy) is 2. The first-order valence-corrected chi connectivity index (χ1v) is 12.6. The summed E-state index contributed by atoms with van der Waals surface area (Å²) in [5.74, 6) is 0.406. The Morgan fingerprint density at radius 1 is 0.944 bits per heavy atom. The quantitative estimate of drug-likeness (QED) is 0.626. The van der Waals surface area contributed by atoms with E-state index in [0.717, 1.165) is 30.2 Å². The molecule has 2 aromatic rings. The van der Waals surface area contributed by atoms with Crippen molar-refractivity contribution in [2.75, 3.05) is 76.5 Å². The van der Waals surface area contributed by atoms with Crippen LogP contribution in [0.3, 0.4) is 0 Å². The van der Waals surface area contributed by atoms with Gasteiger partial charge in [0.1, 0.15) is 5.75 Å². The number of likely N-dealkylation sites (tertiary alicyclic amines) is 1. The monoisotopic (exact) mass is 493 g/mol. The minimum atomic E-state index is -0.300. The predicted molar refractivity (Wildman–Crippen MR) is 138 cm³/mol. The van der Waals surface area contributed by atoms with Crippen molar-refractivity contribution >= 4 is 23.2 Å². The number of amides is 2. The Kier molecular flexibility index (Phi) is 7.41. The molecule has 0 radical (unpaired) electrons. The highest BCUT2D eigenvalue weighted by molar-refractivity contribution is 5.98.